The predicted octanol–water partition coefficient (Wildman–Crippen LogP) is 2.65. The van der Waals surface area contributed by atoms with Crippen molar-refractivity contribution in [3.63, 3.8) is 0 Å². The lowest BCUT2D eigenvalue weighted by molar-refractivity contribution is -0.137. The van der Waals surface area contributed by atoms with Crippen LogP contribution in [0.5, 0.6) is 0 Å². The van der Waals surface area contributed by atoms with Crippen LogP contribution in [0.3, 0.4) is 0 Å². The van der Waals surface area contributed by atoms with Gasteiger partial charge in [-0.2, -0.15) is 0 Å². The van der Waals surface area contributed by atoms with E-state index in [4.69, 9.17) is 5.11 Å². The zero-order chi connectivity index (χ0) is 16.9. The van der Waals surface area contributed by atoms with Gasteiger partial charge in [-0.15, -0.1) is 11.3 Å². The first kappa shape index (κ1) is 16.9. The molecule has 0 aromatic carbocycles. The van der Waals surface area contributed by atoms with Gasteiger partial charge < -0.3 is 15.7 Å². The van der Waals surface area contributed by atoms with Crippen molar-refractivity contribution >= 4 is 34.2 Å². The highest BCUT2D eigenvalue weighted by Gasteiger charge is 2.23. The van der Waals surface area contributed by atoms with Crippen molar-refractivity contribution in [2.24, 2.45) is 0 Å². The smallest absolute Gasteiger partial charge is 0.303 e. The summed E-state index contributed by atoms with van der Waals surface area (Å²) < 4.78 is 0. The molecule has 2 aromatic rings. The zero-order valence-corrected chi connectivity index (χ0v) is 13.7. The van der Waals surface area contributed by atoms with Crippen molar-refractivity contribution in [3.05, 3.63) is 35.5 Å². The quantitative estimate of drug-likeness (QED) is 0.719. The number of hydrogen-bond acceptors (Lipinski definition) is 6. The molecular formula is C15H18N4O3S. The van der Waals surface area contributed by atoms with E-state index in [1.165, 1.54) is 11.3 Å². The van der Waals surface area contributed by atoms with Gasteiger partial charge in [0.15, 0.2) is 5.13 Å². The second-order valence-corrected chi connectivity index (χ2v) is 6.47. The topological polar surface area (TPSA) is 104 Å². The van der Waals surface area contributed by atoms with Crippen LogP contribution >= 0.6 is 11.3 Å². The summed E-state index contributed by atoms with van der Waals surface area (Å²) in [6, 6.07) is 5.46. The van der Waals surface area contributed by atoms with Crippen LogP contribution in [-0.4, -0.2) is 32.5 Å². The standard InChI is InChI=1S/C15H18N4O3S/c1-15(2,7-6-12(20)21)19-13(22)10-9-23-14(17-10)18-11-5-3-4-8-16-11/h3-5,8-9H,6-7H2,1-2H3,(H,19,22)(H,20,21)(H,16,17,18). The molecule has 0 aliphatic rings. The molecule has 0 atom stereocenters. The van der Waals surface area contributed by atoms with Crippen molar-refractivity contribution in [3.8, 4) is 0 Å². The zero-order valence-electron chi connectivity index (χ0n) is 12.9. The molecule has 0 aliphatic carbocycles. The molecule has 8 heteroatoms. The first-order valence-corrected chi connectivity index (χ1v) is 7.91. The predicted molar refractivity (Wildman–Crippen MR) is 88.0 cm³/mol. The van der Waals surface area contributed by atoms with Crippen LogP contribution in [0.1, 0.15) is 37.2 Å². The van der Waals surface area contributed by atoms with Gasteiger partial charge >= 0.3 is 5.97 Å². The minimum atomic E-state index is -0.886. The maximum absolute atomic E-state index is 12.2. The molecule has 0 radical (unpaired) electrons. The maximum Gasteiger partial charge on any atom is 0.303 e. The van der Waals surface area contributed by atoms with Gasteiger partial charge in [0.1, 0.15) is 11.5 Å². The summed E-state index contributed by atoms with van der Waals surface area (Å²) in [4.78, 5) is 31.2. The van der Waals surface area contributed by atoms with E-state index in [1.54, 1.807) is 31.5 Å². The Kier molecular flexibility index (Phi) is 5.28. The third kappa shape index (κ3) is 5.33. The van der Waals surface area contributed by atoms with Crippen molar-refractivity contribution in [2.45, 2.75) is 32.2 Å². The molecule has 122 valence electrons. The van der Waals surface area contributed by atoms with Crippen LogP contribution in [0.4, 0.5) is 10.9 Å². The molecule has 1 amide bonds. The number of aromatic nitrogens is 2. The van der Waals surface area contributed by atoms with Crippen molar-refractivity contribution in [1.82, 2.24) is 15.3 Å². The molecule has 2 heterocycles. The molecule has 7 nitrogen and oxygen atoms in total. The van der Waals surface area contributed by atoms with E-state index in [1.807, 2.05) is 12.1 Å². The number of nitrogens with zero attached hydrogens (tertiary/aromatic N) is 2. The van der Waals surface area contributed by atoms with E-state index in [0.717, 1.165) is 0 Å². The summed E-state index contributed by atoms with van der Waals surface area (Å²) in [5.41, 5.74) is -0.329. The minimum absolute atomic E-state index is 0.00315. The highest BCUT2D eigenvalue weighted by atomic mass is 32.1. The number of hydrogen-bond donors (Lipinski definition) is 3. The average molecular weight is 334 g/mol. The van der Waals surface area contributed by atoms with Gasteiger partial charge in [0, 0.05) is 23.5 Å². The average Bonchev–Trinajstić information content (AvgIpc) is 2.95. The molecule has 0 saturated heterocycles. The monoisotopic (exact) mass is 334 g/mol. The van der Waals surface area contributed by atoms with E-state index < -0.39 is 11.5 Å². The van der Waals surface area contributed by atoms with Crippen LogP contribution in [0.2, 0.25) is 0 Å². The number of carbonyl (C=O) groups excluding carboxylic acids is 1. The Morgan fingerprint density at radius 2 is 2.13 bits per heavy atom. The normalized spacial score (nSPS) is 11.0. The second kappa shape index (κ2) is 7.19. The van der Waals surface area contributed by atoms with Gasteiger partial charge in [0.05, 0.1) is 0 Å². The number of anilines is 2. The highest BCUT2D eigenvalue weighted by Crippen LogP contribution is 2.20. The lowest BCUT2D eigenvalue weighted by Crippen LogP contribution is -2.43. The van der Waals surface area contributed by atoms with Gasteiger partial charge in [-0.25, -0.2) is 9.97 Å². The summed E-state index contributed by atoms with van der Waals surface area (Å²) in [5, 5.41) is 16.8. The molecule has 0 saturated carbocycles. The number of aliphatic carboxylic acids is 1. The summed E-state index contributed by atoms with van der Waals surface area (Å²) in [5.74, 6) is -0.566. The Labute approximate surface area is 137 Å². The Hall–Kier alpha value is -2.48. The number of carbonyl (C=O) groups is 2. The molecule has 0 spiro atoms. The molecule has 2 rings (SSSR count). The van der Waals surface area contributed by atoms with Gasteiger partial charge in [0.2, 0.25) is 0 Å². The molecular weight excluding hydrogens is 316 g/mol. The number of amides is 1. The second-order valence-electron chi connectivity index (χ2n) is 5.61. The largest absolute Gasteiger partial charge is 0.481 e. The van der Waals surface area contributed by atoms with Crippen LogP contribution in [0.25, 0.3) is 0 Å². The van der Waals surface area contributed by atoms with Crippen molar-refractivity contribution in [1.29, 1.82) is 0 Å². The van der Waals surface area contributed by atoms with Gasteiger partial charge in [0.25, 0.3) is 5.91 Å². The Morgan fingerprint density at radius 1 is 1.35 bits per heavy atom. The number of pyridine rings is 1. The highest BCUT2D eigenvalue weighted by molar-refractivity contribution is 7.14. The van der Waals surface area contributed by atoms with E-state index >= 15 is 0 Å². The first-order valence-electron chi connectivity index (χ1n) is 7.04. The lowest BCUT2D eigenvalue weighted by atomic mass is 9.98. The van der Waals surface area contributed by atoms with Gasteiger partial charge in [-0.3, -0.25) is 9.59 Å². The SMILES string of the molecule is CC(C)(CCC(=O)O)NC(=O)c1csc(Nc2ccccn2)n1. The fraction of sp³-hybridized carbons (Fsp3) is 0.333. The Balaban J connectivity index is 1.96. The molecule has 0 bridgehead atoms. The van der Waals surface area contributed by atoms with Crippen LogP contribution in [-0.2, 0) is 4.79 Å². The maximum atomic E-state index is 12.2. The van der Waals surface area contributed by atoms with Gasteiger partial charge in [-0.05, 0) is 32.4 Å². The van der Waals surface area contributed by atoms with Crippen LogP contribution in [0, 0.1) is 0 Å². The Morgan fingerprint density at radius 3 is 2.78 bits per heavy atom. The third-order valence-electron chi connectivity index (χ3n) is 3.05. The summed E-state index contributed by atoms with van der Waals surface area (Å²) in [7, 11) is 0. The number of nitrogens with one attached hydrogen (secondary N) is 2. The summed E-state index contributed by atoms with van der Waals surface area (Å²) in [6.45, 7) is 3.57. The van der Waals surface area contributed by atoms with Crippen LogP contribution in [0.15, 0.2) is 29.8 Å². The Bertz CT molecular complexity index is 685. The summed E-state index contributed by atoms with van der Waals surface area (Å²) >= 11 is 1.30. The third-order valence-corrected chi connectivity index (χ3v) is 3.81. The molecule has 3 N–H and O–H groups in total. The first-order chi connectivity index (χ1) is 10.9. The van der Waals surface area contributed by atoms with E-state index in [-0.39, 0.29) is 18.0 Å². The van der Waals surface area contributed by atoms with E-state index in [0.29, 0.717) is 17.4 Å². The lowest BCUT2D eigenvalue weighted by Gasteiger charge is -2.25. The number of rotatable bonds is 7. The number of carboxylic acid groups (broad SMARTS) is 1. The fourth-order valence-electron chi connectivity index (χ4n) is 1.84. The molecule has 0 fully saturated rings. The number of carboxylic acids is 1. The van der Waals surface area contributed by atoms with E-state index in [9.17, 15) is 9.59 Å². The molecule has 23 heavy (non-hydrogen) atoms. The molecule has 2 aromatic heterocycles. The van der Waals surface area contributed by atoms with Crippen molar-refractivity contribution in [2.75, 3.05) is 5.32 Å². The molecule has 0 unspecified atom stereocenters. The van der Waals surface area contributed by atoms with Crippen LogP contribution < -0.4 is 10.6 Å². The van der Waals surface area contributed by atoms with E-state index in [2.05, 4.69) is 20.6 Å². The fourth-order valence-corrected chi connectivity index (χ4v) is 2.53. The molecule has 0 aliphatic heterocycles. The van der Waals surface area contributed by atoms with Gasteiger partial charge in [-0.1, -0.05) is 6.07 Å². The number of thiazole rings is 1. The minimum Gasteiger partial charge on any atom is -0.481 e. The van der Waals surface area contributed by atoms with Crippen molar-refractivity contribution < 1.29 is 14.7 Å². The summed E-state index contributed by atoms with van der Waals surface area (Å²) in [6.07, 6.45) is 2.00.